The average Bonchev–Trinajstić information content (AvgIpc) is 3.78. The molecule has 0 spiro atoms. The minimum absolute atomic E-state index is 0.0275. The monoisotopic (exact) mass is 501 g/mol. The number of fused-ring (bicyclic) bond motifs is 1. The summed E-state index contributed by atoms with van der Waals surface area (Å²) in [7, 11) is 0. The third kappa shape index (κ3) is 4.78. The Morgan fingerprint density at radius 1 is 0.895 bits per heavy atom. The molecule has 1 fully saturated rings. The zero-order valence-corrected chi connectivity index (χ0v) is 21.0. The van der Waals surface area contributed by atoms with Crippen molar-refractivity contribution < 1.29 is 4.79 Å². The van der Waals surface area contributed by atoms with Gasteiger partial charge < -0.3 is 10.6 Å². The van der Waals surface area contributed by atoms with Crippen LogP contribution in [0.5, 0.6) is 0 Å². The predicted octanol–water partition coefficient (Wildman–Crippen LogP) is 5.78. The van der Waals surface area contributed by atoms with E-state index < -0.39 is 0 Å². The van der Waals surface area contributed by atoms with Crippen molar-refractivity contribution in [1.82, 2.24) is 20.1 Å². The Labute approximate surface area is 220 Å². The van der Waals surface area contributed by atoms with E-state index in [9.17, 15) is 9.59 Å². The summed E-state index contributed by atoms with van der Waals surface area (Å²) in [6, 6.07) is 25.7. The van der Waals surface area contributed by atoms with E-state index in [0.29, 0.717) is 29.5 Å². The number of benzene rings is 3. The third-order valence-corrected chi connectivity index (χ3v) is 6.76. The lowest BCUT2D eigenvalue weighted by molar-refractivity contribution is 0.0951. The molecule has 38 heavy (non-hydrogen) atoms. The zero-order valence-electron chi connectivity index (χ0n) is 21.0. The third-order valence-electron chi connectivity index (χ3n) is 6.76. The van der Waals surface area contributed by atoms with Crippen molar-refractivity contribution in [3.05, 3.63) is 107 Å². The van der Waals surface area contributed by atoms with Gasteiger partial charge in [0.15, 0.2) is 0 Å². The fraction of sp³-hybridized carbons (Fsp3) is 0.161. The first-order valence-electron chi connectivity index (χ1n) is 12.8. The van der Waals surface area contributed by atoms with Gasteiger partial charge in [0.25, 0.3) is 11.5 Å². The Morgan fingerprint density at radius 2 is 1.68 bits per heavy atom. The lowest BCUT2D eigenvalue weighted by atomic mass is 10.00. The number of aryl methyl sites for hydroxylation is 1. The topological polar surface area (TPSA) is 88.9 Å². The highest BCUT2D eigenvalue weighted by Crippen LogP contribution is 2.29. The summed E-state index contributed by atoms with van der Waals surface area (Å²) in [4.78, 5) is 29.8. The molecule has 6 rings (SSSR count). The van der Waals surface area contributed by atoms with Crippen molar-refractivity contribution in [2.24, 2.45) is 0 Å². The number of aromatic nitrogens is 3. The first-order chi connectivity index (χ1) is 18.6. The van der Waals surface area contributed by atoms with Gasteiger partial charge in [0.1, 0.15) is 5.69 Å². The molecule has 0 bridgehead atoms. The van der Waals surface area contributed by atoms with E-state index in [1.807, 2.05) is 73.7 Å². The van der Waals surface area contributed by atoms with Crippen molar-refractivity contribution in [2.75, 3.05) is 5.32 Å². The van der Waals surface area contributed by atoms with Gasteiger partial charge in [0, 0.05) is 40.7 Å². The van der Waals surface area contributed by atoms with Crippen molar-refractivity contribution >= 4 is 28.1 Å². The molecule has 0 aliphatic heterocycles. The molecule has 2 N–H and O–H groups in total. The van der Waals surface area contributed by atoms with Gasteiger partial charge in [-0.25, -0.2) is 4.68 Å². The number of carbonyl (C=O) groups is 1. The van der Waals surface area contributed by atoms with Crippen LogP contribution in [-0.2, 0) is 6.54 Å². The van der Waals surface area contributed by atoms with E-state index in [4.69, 9.17) is 0 Å². The predicted molar refractivity (Wildman–Crippen MR) is 151 cm³/mol. The Kier molecular flexibility index (Phi) is 6.17. The largest absolute Gasteiger partial charge is 0.349 e. The second kappa shape index (κ2) is 9.94. The van der Waals surface area contributed by atoms with Gasteiger partial charge in [-0.2, -0.15) is 5.10 Å². The standard InChI is InChI=1S/C31H27N5O2/c1-2-36-31(38)28(34-29-19-32-18-24-6-3-4-9-26(24)29)17-27(35-36)23-8-5-7-22(16-23)20-10-12-21(13-11-20)30(37)33-25-14-15-25/h3-13,16-19,25,34H,2,14-15H2,1H3,(H,33,37). The summed E-state index contributed by atoms with van der Waals surface area (Å²) >= 11 is 0. The van der Waals surface area contributed by atoms with Crippen molar-refractivity contribution in [3.63, 3.8) is 0 Å². The molecule has 0 unspecified atom stereocenters. The number of rotatable bonds is 7. The average molecular weight is 502 g/mol. The number of anilines is 2. The number of nitrogens with zero attached hydrogens (tertiary/aromatic N) is 3. The number of hydrogen-bond donors (Lipinski definition) is 2. The first-order valence-corrected chi connectivity index (χ1v) is 12.8. The fourth-order valence-electron chi connectivity index (χ4n) is 4.52. The second-order valence-electron chi connectivity index (χ2n) is 9.50. The quantitative estimate of drug-likeness (QED) is 0.295. The Morgan fingerprint density at radius 3 is 2.47 bits per heavy atom. The van der Waals surface area contributed by atoms with Crippen LogP contribution in [0.2, 0.25) is 0 Å². The van der Waals surface area contributed by atoms with Crippen LogP contribution < -0.4 is 16.2 Å². The van der Waals surface area contributed by atoms with Gasteiger partial charge in [0.05, 0.1) is 17.6 Å². The van der Waals surface area contributed by atoms with Crippen LogP contribution in [0.15, 0.2) is 96.1 Å². The molecule has 1 aliphatic carbocycles. The van der Waals surface area contributed by atoms with Crippen LogP contribution in [0, 0.1) is 0 Å². The summed E-state index contributed by atoms with van der Waals surface area (Å²) in [6.07, 6.45) is 5.66. The lowest BCUT2D eigenvalue weighted by Crippen LogP contribution is -2.25. The number of carbonyl (C=O) groups excluding carboxylic acids is 1. The van der Waals surface area contributed by atoms with Gasteiger partial charge >= 0.3 is 0 Å². The first kappa shape index (κ1) is 23.6. The molecule has 7 heteroatoms. The van der Waals surface area contributed by atoms with Gasteiger partial charge in [-0.1, -0.05) is 54.6 Å². The molecule has 0 radical (unpaired) electrons. The summed E-state index contributed by atoms with van der Waals surface area (Å²) in [5.41, 5.74) is 5.24. The van der Waals surface area contributed by atoms with Crippen LogP contribution >= 0.6 is 0 Å². The van der Waals surface area contributed by atoms with E-state index in [2.05, 4.69) is 26.8 Å². The molecule has 1 saturated carbocycles. The van der Waals surface area contributed by atoms with E-state index in [1.165, 1.54) is 4.68 Å². The molecule has 1 amide bonds. The number of amides is 1. The highest BCUT2D eigenvalue weighted by molar-refractivity contribution is 5.95. The van der Waals surface area contributed by atoms with Crippen molar-refractivity contribution in [1.29, 1.82) is 0 Å². The molecule has 1 aliphatic rings. The summed E-state index contributed by atoms with van der Waals surface area (Å²) in [5, 5.41) is 12.9. The van der Waals surface area contributed by atoms with E-state index in [-0.39, 0.29) is 11.5 Å². The molecule has 2 heterocycles. The van der Waals surface area contributed by atoms with Gasteiger partial charge in [-0.15, -0.1) is 0 Å². The molecule has 188 valence electrons. The van der Waals surface area contributed by atoms with Crippen LogP contribution in [0.4, 0.5) is 11.4 Å². The summed E-state index contributed by atoms with van der Waals surface area (Å²) in [6.45, 7) is 2.35. The van der Waals surface area contributed by atoms with Crippen molar-refractivity contribution in [3.8, 4) is 22.4 Å². The molecular formula is C31H27N5O2. The molecule has 0 atom stereocenters. The fourth-order valence-corrected chi connectivity index (χ4v) is 4.52. The van der Waals surface area contributed by atoms with Gasteiger partial charge in [0.2, 0.25) is 0 Å². The molecule has 7 nitrogen and oxygen atoms in total. The molecular weight excluding hydrogens is 474 g/mol. The van der Waals surface area contributed by atoms with Gasteiger partial charge in [-0.3, -0.25) is 14.6 Å². The molecule has 3 aromatic carbocycles. The van der Waals surface area contributed by atoms with Crippen LogP contribution in [-0.4, -0.2) is 26.7 Å². The van der Waals surface area contributed by atoms with E-state index in [0.717, 1.165) is 46.0 Å². The Balaban J connectivity index is 1.33. The van der Waals surface area contributed by atoms with Crippen LogP contribution in [0.1, 0.15) is 30.1 Å². The Hall–Kier alpha value is -4.78. The molecule has 5 aromatic rings. The molecule has 2 aromatic heterocycles. The van der Waals surface area contributed by atoms with Crippen molar-refractivity contribution in [2.45, 2.75) is 32.4 Å². The maximum Gasteiger partial charge on any atom is 0.290 e. The number of pyridine rings is 1. The second-order valence-corrected chi connectivity index (χ2v) is 9.50. The van der Waals surface area contributed by atoms with E-state index in [1.54, 1.807) is 18.5 Å². The van der Waals surface area contributed by atoms with E-state index >= 15 is 0 Å². The Bertz CT molecular complexity index is 1700. The zero-order chi connectivity index (χ0) is 26.1. The minimum atomic E-state index is -0.194. The number of nitrogens with one attached hydrogen (secondary N) is 2. The molecule has 0 saturated heterocycles. The normalized spacial score (nSPS) is 12.9. The highest BCUT2D eigenvalue weighted by atomic mass is 16.2. The maximum atomic E-state index is 13.2. The SMILES string of the molecule is CCn1nc(-c2cccc(-c3ccc(C(=O)NC4CC4)cc3)c2)cc(Nc2cncc3ccccc23)c1=O. The van der Waals surface area contributed by atoms with Crippen LogP contribution in [0.25, 0.3) is 33.2 Å². The minimum Gasteiger partial charge on any atom is -0.349 e. The number of hydrogen-bond acceptors (Lipinski definition) is 5. The maximum absolute atomic E-state index is 13.2. The summed E-state index contributed by atoms with van der Waals surface area (Å²) in [5.74, 6) is -0.0275. The lowest BCUT2D eigenvalue weighted by Gasteiger charge is -2.13. The van der Waals surface area contributed by atoms with Gasteiger partial charge in [-0.05, 0) is 55.2 Å². The summed E-state index contributed by atoms with van der Waals surface area (Å²) < 4.78 is 1.47. The smallest absolute Gasteiger partial charge is 0.290 e. The van der Waals surface area contributed by atoms with Crippen LogP contribution in [0.3, 0.4) is 0 Å². The highest BCUT2D eigenvalue weighted by Gasteiger charge is 2.23.